The Balaban J connectivity index is 3.35. The predicted molar refractivity (Wildman–Crippen MR) is 54.9 cm³/mol. The van der Waals surface area contributed by atoms with Crippen LogP contribution < -0.4 is 10.2 Å². The third-order valence-electron chi connectivity index (χ3n) is 1.62. The van der Waals surface area contributed by atoms with E-state index in [0.717, 1.165) is 0 Å². The first-order valence-electron chi connectivity index (χ1n) is 7.63. The molecular weight excluding hydrogens is 238 g/mol. The molecule has 17 heavy (non-hydrogen) atoms. The highest BCUT2D eigenvalue weighted by Crippen LogP contribution is 2.28. The Morgan fingerprint density at radius 1 is 1.53 bits per heavy atom. The highest BCUT2D eigenvalue weighted by molar-refractivity contribution is 6.58. The summed E-state index contributed by atoms with van der Waals surface area (Å²) in [6, 6.07) is 0.791. The molecule has 0 radical (unpaired) electrons. The van der Waals surface area contributed by atoms with E-state index in [1.165, 1.54) is 0 Å². The molecule has 0 saturated heterocycles. The molecule has 0 aliphatic rings. The molecule has 0 unspecified atom stereocenters. The zero-order valence-electron chi connectivity index (χ0n) is 15.1. The Hall–Kier alpha value is -1.28. The molecule has 0 saturated carbocycles. The lowest BCUT2D eigenvalue weighted by atomic mass is 9.80. The summed E-state index contributed by atoms with van der Waals surface area (Å²) in [6.07, 6.45) is -8.63. The van der Waals surface area contributed by atoms with E-state index in [1.54, 1.807) is 0 Å². The Morgan fingerprint density at radius 2 is 2.24 bits per heavy atom. The molecule has 0 aliphatic heterocycles. The lowest BCUT2D eigenvalue weighted by Gasteiger charge is -2.11. The lowest BCUT2D eigenvalue weighted by Crippen LogP contribution is -2.31. The number of halogens is 3. The fourth-order valence-corrected chi connectivity index (χ4v) is 0.950. The molecule has 0 atom stereocenters. The van der Waals surface area contributed by atoms with E-state index in [1.807, 2.05) is 0 Å². The van der Waals surface area contributed by atoms with Crippen molar-refractivity contribution in [3.63, 3.8) is 0 Å². The summed E-state index contributed by atoms with van der Waals surface area (Å²) >= 11 is 0. The monoisotopic (exact) mass is 256 g/mol. The smallest absolute Gasteiger partial charge is 0.478 e. The lowest BCUT2D eigenvalue weighted by molar-refractivity contribution is -0.141. The van der Waals surface area contributed by atoms with Crippen molar-refractivity contribution in [3.8, 4) is 5.88 Å². The van der Waals surface area contributed by atoms with E-state index in [2.05, 4.69) is 9.72 Å². The number of aromatic nitrogens is 1. The van der Waals surface area contributed by atoms with Gasteiger partial charge in [0.05, 0.1) is 9.30 Å². The average Bonchev–Trinajstić information content (AvgIpc) is 2.35. The molecule has 0 aliphatic carbocycles. The Kier molecular flexibility index (Phi) is 2.09. The van der Waals surface area contributed by atoms with Gasteiger partial charge in [0, 0.05) is 12.9 Å². The van der Waals surface area contributed by atoms with Gasteiger partial charge in [-0.2, -0.15) is 13.2 Å². The second-order valence-corrected chi connectivity index (χ2v) is 2.82. The van der Waals surface area contributed by atoms with Crippen LogP contribution in [0.3, 0.4) is 0 Å². The summed E-state index contributed by atoms with van der Waals surface area (Å²) in [5.74, 6) is -1.16. The van der Waals surface area contributed by atoms with Gasteiger partial charge in [0.1, 0.15) is 5.69 Å². The summed E-state index contributed by atoms with van der Waals surface area (Å²) in [5, 5.41) is 17.9. The van der Waals surface area contributed by atoms with Gasteiger partial charge in [-0.1, -0.05) is 6.85 Å². The molecular formula is C9H11BF3NO3. The van der Waals surface area contributed by atoms with Crippen molar-refractivity contribution in [2.24, 2.45) is 0 Å². The van der Waals surface area contributed by atoms with Crippen molar-refractivity contribution in [2.75, 3.05) is 6.56 Å². The molecule has 1 aromatic heterocycles. The van der Waals surface area contributed by atoms with Crippen LogP contribution in [-0.4, -0.2) is 28.7 Å². The zero-order chi connectivity index (χ0) is 19.1. The largest absolute Gasteiger partial charge is 0.488 e. The summed E-state index contributed by atoms with van der Waals surface area (Å²) in [4.78, 5) is 2.91. The highest BCUT2D eigenvalue weighted by Gasteiger charge is 2.34. The van der Waals surface area contributed by atoms with Crippen LogP contribution in [0.5, 0.6) is 5.88 Å². The van der Waals surface area contributed by atoms with Crippen molar-refractivity contribution in [1.29, 1.82) is 0 Å². The third-order valence-corrected chi connectivity index (χ3v) is 1.62. The molecule has 2 N–H and O–H groups in total. The summed E-state index contributed by atoms with van der Waals surface area (Å²) in [5.41, 5.74) is -2.41. The zero-order valence-corrected chi connectivity index (χ0v) is 8.12. The van der Waals surface area contributed by atoms with E-state index in [-0.39, 0.29) is 6.07 Å². The fraction of sp³-hybridized carbons (Fsp3) is 0.444. The minimum absolute atomic E-state index is 0.269. The topological polar surface area (TPSA) is 62.6 Å². The molecule has 0 fully saturated rings. The molecule has 4 nitrogen and oxygen atoms in total. The first-order chi connectivity index (χ1) is 10.5. The van der Waals surface area contributed by atoms with Gasteiger partial charge in [0.25, 0.3) is 0 Å². The number of hydrogen-bond donors (Lipinski definition) is 2. The van der Waals surface area contributed by atoms with E-state index in [0.29, 0.717) is 6.07 Å². The highest BCUT2D eigenvalue weighted by atomic mass is 19.4. The van der Waals surface area contributed by atoms with Gasteiger partial charge < -0.3 is 14.8 Å². The predicted octanol–water partition coefficient (Wildman–Crippen LogP) is 0.569. The van der Waals surface area contributed by atoms with Gasteiger partial charge in [0.2, 0.25) is 5.88 Å². The maximum atomic E-state index is 12.7. The summed E-state index contributed by atoms with van der Waals surface area (Å²) in [6.45, 7) is -7.08. The van der Waals surface area contributed by atoms with Gasteiger partial charge in [-0.15, -0.1) is 0 Å². The summed E-state index contributed by atoms with van der Waals surface area (Å²) < 4.78 is 92.8. The Bertz CT molecular complexity index is 609. The van der Waals surface area contributed by atoms with Crippen LogP contribution in [0.4, 0.5) is 13.2 Å². The average molecular weight is 256 g/mol. The minimum atomic E-state index is -5.04. The van der Waals surface area contributed by atoms with Crippen LogP contribution in [0.2, 0.25) is 0 Å². The van der Waals surface area contributed by atoms with Crippen molar-refractivity contribution in [2.45, 2.75) is 19.4 Å². The second kappa shape index (κ2) is 5.37. The van der Waals surface area contributed by atoms with E-state index < -0.39 is 50.1 Å². The van der Waals surface area contributed by atoms with Gasteiger partial charge in [-0.05, 0) is 17.9 Å². The normalized spacial score (nSPS) is 19.9. The number of pyridine rings is 1. The van der Waals surface area contributed by atoms with Crippen molar-refractivity contribution >= 4 is 12.6 Å². The van der Waals surface area contributed by atoms with Crippen LogP contribution in [0, 0.1) is 0 Å². The fourth-order valence-electron chi connectivity index (χ4n) is 0.950. The molecule has 1 rings (SSSR count). The Morgan fingerprint density at radius 3 is 2.76 bits per heavy atom. The summed E-state index contributed by atoms with van der Waals surface area (Å²) in [7, 11) is -2.37. The van der Waals surface area contributed by atoms with Crippen LogP contribution >= 0.6 is 0 Å². The quantitative estimate of drug-likeness (QED) is 0.773. The van der Waals surface area contributed by atoms with E-state index in [4.69, 9.17) is 19.6 Å². The molecule has 94 valence electrons. The van der Waals surface area contributed by atoms with Crippen LogP contribution in [0.25, 0.3) is 0 Å². The second-order valence-electron chi connectivity index (χ2n) is 2.82. The molecule has 0 spiro atoms. The maximum Gasteiger partial charge on any atom is 0.488 e. The van der Waals surface area contributed by atoms with Gasteiger partial charge in [0.15, 0.2) is 0 Å². The van der Waals surface area contributed by atoms with Crippen molar-refractivity contribution < 1.29 is 37.6 Å². The number of nitrogens with zero attached hydrogens (tertiary/aromatic N) is 1. The number of ether oxygens (including phenoxy) is 1. The molecule has 1 aromatic rings. The number of rotatable bonds is 4. The molecule has 0 aromatic carbocycles. The number of hydrogen-bond acceptors (Lipinski definition) is 4. The van der Waals surface area contributed by atoms with Gasteiger partial charge in [-0.3, -0.25) is 0 Å². The number of alkyl halides is 3. The van der Waals surface area contributed by atoms with Gasteiger partial charge >= 0.3 is 13.3 Å². The van der Waals surface area contributed by atoms with E-state index >= 15 is 0 Å². The van der Waals surface area contributed by atoms with Crippen LogP contribution in [0.15, 0.2) is 12.1 Å². The minimum Gasteiger partial charge on any atom is -0.478 e. The molecule has 8 heteroatoms. The molecule has 1 heterocycles. The third kappa shape index (κ3) is 3.90. The first kappa shape index (κ1) is 6.60. The van der Waals surface area contributed by atoms with Crippen molar-refractivity contribution in [3.05, 3.63) is 17.8 Å². The first-order valence-corrected chi connectivity index (χ1v) is 4.13. The maximum absolute atomic E-state index is 12.7. The molecule has 0 bridgehead atoms. The van der Waals surface area contributed by atoms with E-state index in [9.17, 15) is 13.2 Å². The van der Waals surface area contributed by atoms with Crippen LogP contribution in [-0.2, 0) is 6.18 Å². The molecule has 0 amide bonds. The SMILES string of the molecule is [2H]C([2H])([2H])C([2H])([2H])C([2H])([2H])Oc1cc(B(O)O)cc(C(F)(F)F)n1. The van der Waals surface area contributed by atoms with Gasteiger partial charge in [-0.25, -0.2) is 4.98 Å². The van der Waals surface area contributed by atoms with Crippen LogP contribution in [0.1, 0.15) is 28.5 Å². The van der Waals surface area contributed by atoms with Crippen molar-refractivity contribution in [1.82, 2.24) is 4.98 Å². The standard InChI is InChI=1S/C9H11BF3NO3/c1-2-3-17-8-5-6(10(15)16)4-7(14-8)9(11,12)13/h4-5,15-16H,2-3H2,1H3/i1D3,2D2,3D2. The Labute approximate surface area is 106 Å².